The molecule has 1 atom stereocenters. The Morgan fingerprint density at radius 1 is 1.03 bits per heavy atom. The fourth-order valence-electron chi connectivity index (χ4n) is 5.17. The Balaban J connectivity index is 1.30. The number of benzene rings is 2. The number of carbonyl (C=O) groups is 1. The van der Waals surface area contributed by atoms with Crippen molar-refractivity contribution in [3.63, 3.8) is 0 Å². The van der Waals surface area contributed by atoms with Crippen LogP contribution in [0.1, 0.15) is 39.0 Å². The highest BCUT2D eigenvalue weighted by Gasteiger charge is 2.28. The van der Waals surface area contributed by atoms with E-state index >= 15 is 0 Å². The van der Waals surface area contributed by atoms with Crippen molar-refractivity contribution >= 4 is 38.3 Å². The maximum absolute atomic E-state index is 13.1. The van der Waals surface area contributed by atoms with E-state index in [9.17, 15) is 13.2 Å². The summed E-state index contributed by atoms with van der Waals surface area (Å²) in [6.45, 7) is 5.00. The van der Waals surface area contributed by atoms with Gasteiger partial charge in [-0.2, -0.15) is 4.31 Å². The lowest BCUT2D eigenvalue weighted by atomic mass is 9.97. The Morgan fingerprint density at radius 3 is 2.65 bits per heavy atom. The van der Waals surface area contributed by atoms with Crippen molar-refractivity contribution < 1.29 is 17.9 Å². The number of hydrogen-bond acceptors (Lipinski definition) is 6. The second kappa shape index (κ2) is 11.1. The highest BCUT2D eigenvalue weighted by atomic mass is 32.2. The van der Waals surface area contributed by atoms with Gasteiger partial charge in [0.25, 0.3) is 0 Å². The quantitative estimate of drug-likeness (QED) is 0.485. The molecule has 5 rings (SSSR count). The molecule has 1 N–H and O–H groups in total. The molecule has 3 aromatic rings. The second-order valence-electron chi connectivity index (χ2n) is 9.69. The Morgan fingerprint density at radius 2 is 1.84 bits per heavy atom. The molecule has 3 heterocycles. The monoisotopic (exact) mass is 522 g/mol. The minimum atomic E-state index is -3.49. The van der Waals surface area contributed by atoms with Crippen molar-refractivity contribution in [1.29, 1.82) is 0 Å². The third-order valence-corrected chi connectivity index (χ3v) is 9.05. The van der Waals surface area contributed by atoms with Gasteiger partial charge in [-0.05, 0) is 75.1 Å². The van der Waals surface area contributed by atoms with Crippen LogP contribution in [0.3, 0.4) is 0 Å². The fourth-order valence-corrected chi connectivity index (χ4v) is 6.72. The summed E-state index contributed by atoms with van der Waals surface area (Å²) < 4.78 is 33.4. The maximum atomic E-state index is 13.1. The van der Waals surface area contributed by atoms with E-state index < -0.39 is 10.0 Å². The van der Waals surface area contributed by atoms with E-state index in [1.165, 1.54) is 0 Å². The molecule has 8 nitrogen and oxygen atoms in total. The predicted molar refractivity (Wildman–Crippen MR) is 146 cm³/mol. The number of pyridine rings is 1. The lowest BCUT2D eigenvalue weighted by Crippen LogP contribution is -2.41. The number of nitrogens with one attached hydrogen (secondary N) is 1. The number of aromatic nitrogens is 1. The first-order chi connectivity index (χ1) is 18.0. The first-order valence-corrected chi connectivity index (χ1v) is 14.6. The van der Waals surface area contributed by atoms with Crippen LogP contribution >= 0.6 is 0 Å². The molecule has 2 aromatic carbocycles. The molecule has 1 amide bonds. The first-order valence-electron chi connectivity index (χ1n) is 13.1. The molecule has 0 radical (unpaired) electrons. The van der Waals surface area contributed by atoms with Gasteiger partial charge in [-0.3, -0.25) is 4.79 Å². The van der Waals surface area contributed by atoms with Gasteiger partial charge in [0, 0.05) is 31.6 Å². The molecular weight excluding hydrogens is 488 g/mol. The average molecular weight is 523 g/mol. The molecule has 0 saturated carbocycles. The van der Waals surface area contributed by atoms with Gasteiger partial charge < -0.3 is 15.0 Å². The minimum absolute atomic E-state index is 0.0230. The van der Waals surface area contributed by atoms with Crippen LogP contribution in [0.5, 0.6) is 5.75 Å². The maximum Gasteiger partial charge on any atom is 0.243 e. The summed E-state index contributed by atoms with van der Waals surface area (Å²) >= 11 is 0. The largest absolute Gasteiger partial charge is 0.492 e. The Bertz CT molecular complexity index is 1370. The number of piperidine rings is 2. The SMILES string of the molecule is CCOc1ccccc1NC(=O)[C@@H]1CCCN(c2ccc3cc(S(=O)(=O)N4CCCCC4)ccc3n2)C1. The van der Waals surface area contributed by atoms with Crippen molar-refractivity contribution in [3.05, 3.63) is 54.6 Å². The summed E-state index contributed by atoms with van der Waals surface area (Å²) in [6.07, 6.45) is 4.59. The van der Waals surface area contributed by atoms with Gasteiger partial charge in [0.15, 0.2) is 0 Å². The molecule has 2 aliphatic heterocycles. The molecular formula is C28H34N4O4S. The molecule has 37 heavy (non-hydrogen) atoms. The molecule has 9 heteroatoms. The van der Waals surface area contributed by atoms with E-state index in [2.05, 4.69) is 10.2 Å². The van der Waals surface area contributed by atoms with E-state index in [1.807, 2.05) is 43.3 Å². The number of hydrogen-bond donors (Lipinski definition) is 1. The lowest BCUT2D eigenvalue weighted by Gasteiger charge is -2.33. The van der Waals surface area contributed by atoms with E-state index in [0.717, 1.165) is 55.4 Å². The number of carbonyl (C=O) groups excluding carboxylic acids is 1. The van der Waals surface area contributed by atoms with Crippen LogP contribution in [-0.4, -0.2) is 56.4 Å². The zero-order valence-electron chi connectivity index (χ0n) is 21.2. The number of amides is 1. The Kier molecular flexibility index (Phi) is 7.62. The number of rotatable bonds is 7. The predicted octanol–water partition coefficient (Wildman–Crippen LogP) is 4.66. The zero-order chi connectivity index (χ0) is 25.8. The van der Waals surface area contributed by atoms with Crippen LogP contribution in [0.15, 0.2) is 59.5 Å². The molecule has 2 aliphatic rings. The van der Waals surface area contributed by atoms with Crippen LogP contribution in [0.2, 0.25) is 0 Å². The number of sulfonamides is 1. The topological polar surface area (TPSA) is 91.8 Å². The first kappa shape index (κ1) is 25.5. The molecule has 1 aromatic heterocycles. The summed E-state index contributed by atoms with van der Waals surface area (Å²) in [6, 6.07) is 16.5. The number of anilines is 2. The van der Waals surface area contributed by atoms with Gasteiger partial charge in [-0.25, -0.2) is 13.4 Å². The molecule has 0 unspecified atom stereocenters. The van der Waals surface area contributed by atoms with E-state index in [0.29, 0.717) is 42.6 Å². The van der Waals surface area contributed by atoms with Crippen LogP contribution in [0.4, 0.5) is 11.5 Å². The van der Waals surface area contributed by atoms with Crippen molar-refractivity contribution in [2.45, 2.75) is 43.9 Å². The number of nitrogens with zero attached hydrogens (tertiary/aromatic N) is 3. The molecule has 0 bridgehead atoms. The number of fused-ring (bicyclic) bond motifs is 1. The van der Waals surface area contributed by atoms with Gasteiger partial charge in [0.05, 0.1) is 28.6 Å². The van der Waals surface area contributed by atoms with Crippen molar-refractivity contribution in [2.75, 3.05) is 43.0 Å². The molecule has 0 aliphatic carbocycles. The molecule has 196 valence electrons. The summed E-state index contributed by atoms with van der Waals surface area (Å²) in [5.41, 5.74) is 1.43. The highest BCUT2D eigenvalue weighted by molar-refractivity contribution is 7.89. The number of para-hydroxylation sites is 2. The van der Waals surface area contributed by atoms with E-state index in [1.54, 1.807) is 22.5 Å². The molecule has 2 saturated heterocycles. The van der Waals surface area contributed by atoms with Gasteiger partial charge in [0.1, 0.15) is 11.6 Å². The van der Waals surface area contributed by atoms with Crippen molar-refractivity contribution in [2.24, 2.45) is 5.92 Å². The van der Waals surface area contributed by atoms with Crippen LogP contribution in [0.25, 0.3) is 10.9 Å². The summed E-state index contributed by atoms with van der Waals surface area (Å²) in [5.74, 6) is 1.28. The van der Waals surface area contributed by atoms with Crippen LogP contribution < -0.4 is 15.0 Å². The molecule has 0 spiro atoms. The Hall–Kier alpha value is -3.17. The van der Waals surface area contributed by atoms with E-state index in [-0.39, 0.29) is 11.8 Å². The van der Waals surface area contributed by atoms with Gasteiger partial charge >= 0.3 is 0 Å². The third-order valence-electron chi connectivity index (χ3n) is 7.16. The second-order valence-corrected chi connectivity index (χ2v) is 11.6. The lowest BCUT2D eigenvalue weighted by molar-refractivity contribution is -0.120. The number of ether oxygens (including phenoxy) is 1. The summed E-state index contributed by atoms with van der Waals surface area (Å²) in [7, 11) is -3.49. The van der Waals surface area contributed by atoms with Crippen molar-refractivity contribution in [1.82, 2.24) is 9.29 Å². The standard InChI is InChI=1S/C28H34N4O4S/c1-2-36-26-11-5-4-10-25(26)30-28(33)22-9-8-16-31(20-22)27-15-12-21-19-23(13-14-24(21)29-27)37(34,35)32-17-6-3-7-18-32/h4-5,10-15,19,22H,2-3,6-9,16-18,20H2,1H3,(H,30,33)/t22-/m1/s1. The summed E-state index contributed by atoms with van der Waals surface area (Å²) in [4.78, 5) is 20.4. The van der Waals surface area contributed by atoms with Gasteiger partial charge in [-0.1, -0.05) is 18.6 Å². The minimum Gasteiger partial charge on any atom is -0.492 e. The Labute approximate surface area is 218 Å². The fraction of sp³-hybridized carbons (Fsp3) is 0.429. The van der Waals surface area contributed by atoms with Gasteiger partial charge in [-0.15, -0.1) is 0 Å². The smallest absolute Gasteiger partial charge is 0.243 e. The van der Waals surface area contributed by atoms with Gasteiger partial charge in [0.2, 0.25) is 15.9 Å². The zero-order valence-corrected chi connectivity index (χ0v) is 22.0. The van der Waals surface area contributed by atoms with Crippen molar-refractivity contribution in [3.8, 4) is 5.75 Å². The highest BCUT2D eigenvalue weighted by Crippen LogP contribution is 2.29. The van der Waals surface area contributed by atoms with E-state index in [4.69, 9.17) is 9.72 Å². The average Bonchev–Trinajstić information content (AvgIpc) is 2.94. The summed E-state index contributed by atoms with van der Waals surface area (Å²) in [5, 5.41) is 3.83. The molecule has 2 fully saturated rings. The van der Waals surface area contributed by atoms with Crippen LogP contribution in [-0.2, 0) is 14.8 Å². The third kappa shape index (κ3) is 5.57. The van der Waals surface area contributed by atoms with Crippen LogP contribution in [0, 0.1) is 5.92 Å². The normalized spacial score (nSPS) is 19.1.